The Hall–Kier alpha value is -2.17. The first-order valence-corrected chi connectivity index (χ1v) is 14.0. The molecule has 1 atom stereocenters. The summed E-state index contributed by atoms with van der Waals surface area (Å²) in [5.41, 5.74) is 1.51. The van der Waals surface area contributed by atoms with Crippen molar-refractivity contribution >= 4 is 40.6 Å². The molecule has 1 spiro atoms. The maximum Gasteiger partial charge on any atom is 0.256 e. The third-order valence-electron chi connectivity index (χ3n) is 8.75. The molecule has 0 radical (unpaired) electrons. The van der Waals surface area contributed by atoms with E-state index in [0.29, 0.717) is 27.3 Å². The van der Waals surface area contributed by atoms with Gasteiger partial charge in [-0.15, -0.1) is 0 Å². The lowest BCUT2D eigenvalue weighted by Crippen LogP contribution is -2.66. The predicted octanol–water partition coefficient (Wildman–Crippen LogP) is 3.59. The van der Waals surface area contributed by atoms with Crippen LogP contribution in [-0.2, 0) is 4.74 Å². The van der Waals surface area contributed by atoms with Crippen LogP contribution in [0.1, 0.15) is 31.4 Å². The van der Waals surface area contributed by atoms with E-state index in [-0.39, 0.29) is 6.04 Å². The summed E-state index contributed by atoms with van der Waals surface area (Å²) in [5, 5.41) is 9.18. The van der Waals surface area contributed by atoms with Crippen LogP contribution in [0.2, 0.25) is 10.0 Å². The number of nitrogens with one attached hydrogen (secondary N) is 1. The molecule has 3 aliphatic heterocycles. The minimum atomic E-state index is -0.0461. The molecule has 0 amide bonds. The van der Waals surface area contributed by atoms with E-state index in [0.717, 1.165) is 62.6 Å². The van der Waals surface area contributed by atoms with Crippen LogP contribution in [0.15, 0.2) is 30.6 Å². The van der Waals surface area contributed by atoms with Gasteiger partial charge in [-0.05, 0) is 37.5 Å². The number of hydrogen-bond donors (Lipinski definition) is 1. The molecule has 1 aliphatic carbocycles. The minimum absolute atomic E-state index is 0.0461. The van der Waals surface area contributed by atoms with E-state index < -0.39 is 0 Å². The van der Waals surface area contributed by atoms with Gasteiger partial charge in [-0.25, -0.2) is 0 Å². The van der Waals surface area contributed by atoms with Gasteiger partial charge in [-0.2, -0.15) is 19.6 Å². The Kier molecular flexibility index (Phi) is 5.97. The van der Waals surface area contributed by atoms with Crippen molar-refractivity contribution in [2.24, 2.45) is 5.41 Å². The van der Waals surface area contributed by atoms with Crippen molar-refractivity contribution in [1.82, 2.24) is 29.4 Å². The summed E-state index contributed by atoms with van der Waals surface area (Å²) < 4.78 is 7.18. The lowest BCUT2D eigenvalue weighted by molar-refractivity contribution is -0.187. The van der Waals surface area contributed by atoms with Crippen molar-refractivity contribution in [2.45, 2.75) is 37.9 Å². The molecule has 1 aromatic carbocycles. The Morgan fingerprint density at radius 3 is 2.43 bits per heavy atom. The highest BCUT2D eigenvalue weighted by Crippen LogP contribution is 2.49. The van der Waals surface area contributed by atoms with E-state index in [1.165, 1.54) is 32.3 Å². The fourth-order valence-electron chi connectivity index (χ4n) is 6.38. The first-order chi connectivity index (χ1) is 18.0. The molecule has 7 rings (SSSR count). The van der Waals surface area contributed by atoms with Gasteiger partial charge in [0.15, 0.2) is 0 Å². The summed E-state index contributed by atoms with van der Waals surface area (Å²) in [4.78, 5) is 16.9. The second-order valence-electron chi connectivity index (χ2n) is 11.2. The number of halogens is 2. The number of piperazine rings is 1. The van der Waals surface area contributed by atoms with Gasteiger partial charge in [0, 0.05) is 72.9 Å². The SMILES string of the molecule is C[C@@H](Nc1cc(N2CC(N3CCN(C4CC5(COC5)C4)CC3)C2)nc2ncnn12)c1ccc(Cl)cc1Cl. The van der Waals surface area contributed by atoms with Crippen LogP contribution < -0.4 is 10.2 Å². The summed E-state index contributed by atoms with van der Waals surface area (Å²) in [6.45, 7) is 10.7. The van der Waals surface area contributed by atoms with E-state index in [1.807, 2.05) is 12.1 Å². The molecule has 0 bridgehead atoms. The van der Waals surface area contributed by atoms with Gasteiger partial charge < -0.3 is 15.0 Å². The normalized spacial score (nSPS) is 23.6. The summed E-state index contributed by atoms with van der Waals surface area (Å²) in [6, 6.07) is 8.95. The van der Waals surface area contributed by atoms with Gasteiger partial charge in [0.1, 0.15) is 18.0 Å². The third kappa shape index (κ3) is 4.34. The number of ether oxygens (including phenoxy) is 1. The van der Waals surface area contributed by atoms with E-state index in [1.54, 1.807) is 10.6 Å². The van der Waals surface area contributed by atoms with Crippen molar-refractivity contribution in [3.8, 4) is 0 Å². The summed E-state index contributed by atoms with van der Waals surface area (Å²) in [7, 11) is 0. The molecule has 3 aromatic rings. The van der Waals surface area contributed by atoms with Crippen LogP contribution in [0.5, 0.6) is 0 Å². The number of aromatic nitrogens is 4. The molecule has 37 heavy (non-hydrogen) atoms. The van der Waals surface area contributed by atoms with Gasteiger partial charge >= 0.3 is 0 Å². The molecule has 196 valence electrons. The first-order valence-electron chi connectivity index (χ1n) is 13.2. The number of hydrogen-bond acceptors (Lipinski definition) is 8. The zero-order valence-corrected chi connectivity index (χ0v) is 22.5. The van der Waals surface area contributed by atoms with Crippen molar-refractivity contribution in [3.05, 3.63) is 46.2 Å². The van der Waals surface area contributed by atoms with Crippen molar-refractivity contribution in [2.75, 3.05) is 62.7 Å². The average molecular weight is 544 g/mol. The molecule has 1 N–H and O–H groups in total. The molecule has 4 aliphatic rings. The second kappa shape index (κ2) is 9.24. The van der Waals surface area contributed by atoms with Gasteiger partial charge in [0.25, 0.3) is 5.78 Å². The van der Waals surface area contributed by atoms with E-state index >= 15 is 0 Å². The number of fused-ring (bicyclic) bond motifs is 1. The Morgan fingerprint density at radius 1 is 1.03 bits per heavy atom. The monoisotopic (exact) mass is 542 g/mol. The lowest BCUT2D eigenvalue weighted by Gasteiger charge is -2.58. The zero-order valence-electron chi connectivity index (χ0n) is 21.0. The fourth-order valence-corrected chi connectivity index (χ4v) is 6.95. The Balaban J connectivity index is 0.983. The van der Waals surface area contributed by atoms with Gasteiger partial charge in [0.2, 0.25) is 0 Å². The summed E-state index contributed by atoms with van der Waals surface area (Å²) in [6.07, 6.45) is 4.21. The molecule has 2 aromatic heterocycles. The van der Waals surface area contributed by atoms with Crippen LogP contribution in [0.4, 0.5) is 11.6 Å². The van der Waals surface area contributed by atoms with Crippen LogP contribution in [0.25, 0.3) is 5.78 Å². The van der Waals surface area contributed by atoms with E-state index in [4.69, 9.17) is 32.9 Å². The second-order valence-corrected chi connectivity index (χ2v) is 12.0. The van der Waals surface area contributed by atoms with Gasteiger partial charge in [-0.3, -0.25) is 9.80 Å². The summed E-state index contributed by atoms with van der Waals surface area (Å²) in [5.74, 6) is 2.35. The highest BCUT2D eigenvalue weighted by Gasteiger charge is 2.51. The molecular weight excluding hydrogens is 511 g/mol. The minimum Gasteiger partial charge on any atom is -0.380 e. The zero-order chi connectivity index (χ0) is 25.1. The van der Waals surface area contributed by atoms with E-state index in [2.05, 4.69) is 43.1 Å². The molecular formula is C26H32Cl2N8O. The number of benzene rings is 1. The van der Waals surface area contributed by atoms with Crippen molar-refractivity contribution in [3.63, 3.8) is 0 Å². The average Bonchev–Trinajstić information content (AvgIpc) is 3.26. The summed E-state index contributed by atoms with van der Waals surface area (Å²) >= 11 is 12.5. The van der Waals surface area contributed by atoms with Crippen LogP contribution in [-0.4, -0.2) is 93.9 Å². The molecule has 4 fully saturated rings. The standard InChI is InChI=1S/C26H32Cl2N8O/c1-17(21-3-2-18(27)8-22(21)28)31-24-9-23(32-25-29-16-30-36(24)25)35-12-20(13-35)34-6-4-33(5-7-34)19-10-26(11-19)14-37-15-26/h2-3,8-9,16-17,19-20,31H,4-7,10-15H2,1H3/t17-/m1/s1. The topological polar surface area (TPSA) is 74.1 Å². The Morgan fingerprint density at radius 2 is 1.76 bits per heavy atom. The maximum atomic E-state index is 6.46. The molecule has 9 nitrogen and oxygen atoms in total. The number of anilines is 2. The predicted molar refractivity (Wildman–Crippen MR) is 145 cm³/mol. The van der Waals surface area contributed by atoms with Crippen molar-refractivity contribution < 1.29 is 4.74 Å². The quantitative estimate of drug-likeness (QED) is 0.506. The van der Waals surface area contributed by atoms with Gasteiger partial charge in [0.05, 0.1) is 19.3 Å². The first kappa shape index (κ1) is 23.9. The molecule has 11 heteroatoms. The Labute approximate surface area is 226 Å². The Bertz CT molecular complexity index is 1290. The highest BCUT2D eigenvalue weighted by atomic mass is 35.5. The lowest BCUT2D eigenvalue weighted by atomic mass is 9.63. The smallest absolute Gasteiger partial charge is 0.256 e. The largest absolute Gasteiger partial charge is 0.380 e. The molecule has 1 saturated carbocycles. The number of nitrogens with zero attached hydrogens (tertiary/aromatic N) is 7. The number of rotatable bonds is 6. The van der Waals surface area contributed by atoms with Crippen LogP contribution in [0, 0.1) is 5.41 Å². The maximum absolute atomic E-state index is 6.46. The highest BCUT2D eigenvalue weighted by molar-refractivity contribution is 6.35. The molecule has 0 unspecified atom stereocenters. The third-order valence-corrected chi connectivity index (χ3v) is 9.32. The fraction of sp³-hybridized carbons (Fsp3) is 0.577. The van der Waals surface area contributed by atoms with Crippen molar-refractivity contribution in [1.29, 1.82) is 0 Å². The van der Waals surface area contributed by atoms with Crippen LogP contribution >= 0.6 is 23.2 Å². The molecule has 5 heterocycles. The van der Waals surface area contributed by atoms with Crippen LogP contribution in [0.3, 0.4) is 0 Å². The van der Waals surface area contributed by atoms with E-state index in [9.17, 15) is 0 Å². The van der Waals surface area contributed by atoms with Gasteiger partial charge in [-0.1, -0.05) is 29.3 Å². The molecule has 3 saturated heterocycles.